The van der Waals surface area contributed by atoms with E-state index in [9.17, 15) is 10.1 Å². The summed E-state index contributed by atoms with van der Waals surface area (Å²) in [6.07, 6.45) is 3.43. The summed E-state index contributed by atoms with van der Waals surface area (Å²) in [7, 11) is 0. The Labute approximate surface area is 175 Å². The van der Waals surface area contributed by atoms with E-state index in [-0.39, 0.29) is 5.91 Å². The van der Waals surface area contributed by atoms with E-state index >= 15 is 0 Å². The van der Waals surface area contributed by atoms with Gasteiger partial charge in [0.1, 0.15) is 11.1 Å². The van der Waals surface area contributed by atoms with Gasteiger partial charge in [-0.05, 0) is 44.0 Å². The second-order valence-electron chi connectivity index (χ2n) is 6.85. The minimum absolute atomic E-state index is 0.0612. The third kappa shape index (κ3) is 5.55. The van der Waals surface area contributed by atoms with Gasteiger partial charge in [-0.2, -0.15) is 5.26 Å². The number of fused-ring (bicyclic) bond motifs is 1. The molecular formula is C23H24N4OS. The molecule has 0 aliphatic carbocycles. The molecule has 6 heteroatoms. The summed E-state index contributed by atoms with van der Waals surface area (Å²) < 4.78 is 0. The highest BCUT2D eigenvalue weighted by Gasteiger charge is 2.10. The van der Waals surface area contributed by atoms with Gasteiger partial charge in [0.05, 0.1) is 16.8 Å². The molecule has 0 spiro atoms. The van der Waals surface area contributed by atoms with Crippen LogP contribution in [-0.2, 0) is 11.2 Å². The van der Waals surface area contributed by atoms with E-state index in [0.29, 0.717) is 22.8 Å². The Morgan fingerprint density at radius 1 is 1.21 bits per heavy atom. The quantitative estimate of drug-likeness (QED) is 0.517. The van der Waals surface area contributed by atoms with Gasteiger partial charge < -0.3 is 5.32 Å². The van der Waals surface area contributed by atoms with Crippen molar-refractivity contribution in [1.82, 2.24) is 9.97 Å². The van der Waals surface area contributed by atoms with Gasteiger partial charge in [0, 0.05) is 28.9 Å². The standard InChI is InChI=1S/C23H24N4OS/c1-3-4-7-18-11-10-17(15-24)23(26-18)29-13-12-22(28)27-21-14-16(2)25-20-9-6-5-8-19(20)21/h5-6,8-11,14H,3-4,7,12-13H2,1-2H3,(H,25,27,28). The Hall–Kier alpha value is -2.91. The molecule has 0 saturated carbocycles. The van der Waals surface area contributed by atoms with E-state index in [4.69, 9.17) is 0 Å². The van der Waals surface area contributed by atoms with Gasteiger partial charge in [0.2, 0.25) is 5.91 Å². The number of hydrogen-bond acceptors (Lipinski definition) is 5. The van der Waals surface area contributed by atoms with Gasteiger partial charge in [-0.25, -0.2) is 4.98 Å². The lowest BCUT2D eigenvalue weighted by atomic mass is 10.1. The van der Waals surface area contributed by atoms with Crippen molar-refractivity contribution >= 4 is 34.3 Å². The van der Waals surface area contributed by atoms with E-state index in [1.807, 2.05) is 49.4 Å². The van der Waals surface area contributed by atoms with Gasteiger partial charge in [0.25, 0.3) is 0 Å². The van der Waals surface area contributed by atoms with Crippen LogP contribution in [0.5, 0.6) is 0 Å². The topological polar surface area (TPSA) is 78.7 Å². The highest BCUT2D eigenvalue weighted by molar-refractivity contribution is 7.99. The van der Waals surface area contributed by atoms with Crippen LogP contribution in [-0.4, -0.2) is 21.6 Å². The first-order valence-electron chi connectivity index (χ1n) is 9.79. The number of aryl methyl sites for hydroxylation is 2. The van der Waals surface area contributed by atoms with Crippen molar-refractivity contribution in [3.63, 3.8) is 0 Å². The Balaban J connectivity index is 1.63. The molecule has 0 bridgehead atoms. The summed E-state index contributed by atoms with van der Waals surface area (Å²) >= 11 is 1.46. The molecule has 0 atom stereocenters. The number of hydrogen-bond donors (Lipinski definition) is 1. The molecule has 0 unspecified atom stereocenters. The minimum atomic E-state index is -0.0612. The van der Waals surface area contributed by atoms with Crippen LogP contribution in [0.2, 0.25) is 0 Å². The maximum absolute atomic E-state index is 12.5. The third-order valence-corrected chi connectivity index (χ3v) is 5.50. The Bertz CT molecular complexity index is 1060. The molecular weight excluding hydrogens is 380 g/mol. The zero-order chi connectivity index (χ0) is 20.6. The number of para-hydroxylation sites is 1. The second kappa shape index (κ2) is 10.0. The van der Waals surface area contributed by atoms with Gasteiger partial charge >= 0.3 is 0 Å². The highest BCUT2D eigenvalue weighted by atomic mass is 32.2. The van der Waals surface area contributed by atoms with Crippen LogP contribution in [0.25, 0.3) is 10.9 Å². The SMILES string of the molecule is CCCCc1ccc(C#N)c(SCCC(=O)Nc2cc(C)nc3ccccc23)n1. The number of nitrogens with one attached hydrogen (secondary N) is 1. The first-order chi connectivity index (χ1) is 14.1. The number of aromatic nitrogens is 2. The Kier molecular flexibility index (Phi) is 7.20. The number of carbonyl (C=O) groups excluding carboxylic acids is 1. The molecule has 2 heterocycles. The van der Waals surface area contributed by atoms with E-state index < -0.39 is 0 Å². The fourth-order valence-electron chi connectivity index (χ4n) is 3.04. The fraction of sp³-hybridized carbons (Fsp3) is 0.304. The van der Waals surface area contributed by atoms with Crippen molar-refractivity contribution in [3.8, 4) is 6.07 Å². The lowest BCUT2D eigenvalue weighted by Gasteiger charge is -2.10. The number of unbranched alkanes of at least 4 members (excludes halogenated alkanes) is 1. The number of thioether (sulfide) groups is 1. The molecule has 5 nitrogen and oxygen atoms in total. The zero-order valence-corrected chi connectivity index (χ0v) is 17.6. The number of anilines is 1. The maximum Gasteiger partial charge on any atom is 0.225 e. The number of pyridine rings is 2. The summed E-state index contributed by atoms with van der Waals surface area (Å²) in [5, 5.41) is 14.0. The predicted molar refractivity (Wildman–Crippen MR) is 118 cm³/mol. The van der Waals surface area contributed by atoms with E-state index in [0.717, 1.165) is 47.2 Å². The second-order valence-corrected chi connectivity index (χ2v) is 7.93. The van der Waals surface area contributed by atoms with E-state index in [2.05, 4.69) is 28.3 Å². The molecule has 1 aromatic carbocycles. The zero-order valence-electron chi connectivity index (χ0n) is 16.7. The van der Waals surface area contributed by atoms with Crippen LogP contribution in [0.15, 0.2) is 47.5 Å². The largest absolute Gasteiger partial charge is 0.325 e. The Morgan fingerprint density at radius 3 is 2.83 bits per heavy atom. The molecule has 1 amide bonds. The number of nitriles is 1. The summed E-state index contributed by atoms with van der Waals surface area (Å²) in [4.78, 5) is 21.6. The van der Waals surface area contributed by atoms with Gasteiger partial charge in [0.15, 0.2) is 0 Å². The molecule has 2 aromatic heterocycles. The number of benzene rings is 1. The van der Waals surface area contributed by atoms with Gasteiger partial charge in [-0.1, -0.05) is 31.5 Å². The lowest BCUT2D eigenvalue weighted by molar-refractivity contribution is -0.115. The summed E-state index contributed by atoms with van der Waals surface area (Å²) in [5.41, 5.74) is 4.06. The average molecular weight is 405 g/mol. The number of carbonyl (C=O) groups is 1. The van der Waals surface area contributed by atoms with Gasteiger partial charge in [-0.15, -0.1) is 11.8 Å². The molecule has 29 heavy (non-hydrogen) atoms. The minimum Gasteiger partial charge on any atom is -0.325 e. The highest BCUT2D eigenvalue weighted by Crippen LogP contribution is 2.25. The number of rotatable bonds is 8. The van der Waals surface area contributed by atoms with E-state index in [1.165, 1.54) is 11.8 Å². The first-order valence-corrected chi connectivity index (χ1v) is 10.8. The first kappa shape index (κ1) is 20.8. The van der Waals surface area contributed by atoms with Gasteiger partial charge in [-0.3, -0.25) is 9.78 Å². The fourth-order valence-corrected chi connectivity index (χ4v) is 3.97. The smallest absolute Gasteiger partial charge is 0.225 e. The van der Waals surface area contributed by atoms with Crippen molar-refractivity contribution in [1.29, 1.82) is 5.26 Å². The molecule has 0 aliphatic rings. The summed E-state index contributed by atoms with van der Waals surface area (Å²) in [6, 6.07) is 15.6. The number of nitrogens with zero attached hydrogens (tertiary/aromatic N) is 3. The van der Waals surface area contributed by atoms with Crippen molar-refractivity contribution in [3.05, 3.63) is 59.4 Å². The van der Waals surface area contributed by atoms with Crippen molar-refractivity contribution < 1.29 is 4.79 Å². The van der Waals surface area contributed by atoms with Crippen molar-refractivity contribution in [2.45, 2.75) is 44.6 Å². The average Bonchev–Trinajstić information content (AvgIpc) is 2.72. The number of amides is 1. The summed E-state index contributed by atoms with van der Waals surface area (Å²) in [5.74, 6) is 0.501. The van der Waals surface area contributed by atoms with Crippen LogP contribution in [0.3, 0.4) is 0 Å². The molecule has 1 N–H and O–H groups in total. The lowest BCUT2D eigenvalue weighted by Crippen LogP contribution is -2.13. The molecule has 0 radical (unpaired) electrons. The molecule has 0 fully saturated rings. The molecule has 3 rings (SSSR count). The molecule has 0 aliphatic heterocycles. The molecule has 3 aromatic rings. The molecule has 0 saturated heterocycles. The predicted octanol–water partition coefficient (Wildman–Crippen LogP) is 5.27. The van der Waals surface area contributed by atoms with Crippen molar-refractivity contribution in [2.24, 2.45) is 0 Å². The monoisotopic (exact) mass is 404 g/mol. The summed E-state index contributed by atoms with van der Waals surface area (Å²) in [6.45, 7) is 4.06. The van der Waals surface area contributed by atoms with Crippen molar-refractivity contribution in [2.75, 3.05) is 11.1 Å². The van der Waals surface area contributed by atoms with Crippen LogP contribution in [0, 0.1) is 18.3 Å². The maximum atomic E-state index is 12.5. The molecule has 148 valence electrons. The van der Waals surface area contributed by atoms with Crippen LogP contribution in [0.1, 0.15) is 43.1 Å². The van der Waals surface area contributed by atoms with E-state index in [1.54, 1.807) is 0 Å². The Morgan fingerprint density at radius 2 is 2.03 bits per heavy atom. The van der Waals surface area contributed by atoms with Crippen LogP contribution in [0.4, 0.5) is 5.69 Å². The normalized spacial score (nSPS) is 10.7. The van der Waals surface area contributed by atoms with Crippen LogP contribution >= 0.6 is 11.8 Å². The van der Waals surface area contributed by atoms with Crippen LogP contribution < -0.4 is 5.32 Å². The third-order valence-electron chi connectivity index (χ3n) is 4.51.